The van der Waals surface area contributed by atoms with Gasteiger partial charge in [0.1, 0.15) is 0 Å². The third kappa shape index (κ3) is 1.89. The van der Waals surface area contributed by atoms with Crippen LogP contribution in [0.25, 0.3) is 22.4 Å². The summed E-state index contributed by atoms with van der Waals surface area (Å²) < 4.78 is 2.35. The smallest absolute Gasteiger partial charge is 0.191 e. The number of hydrogen-bond acceptors (Lipinski definition) is 0. The molecule has 0 saturated carbocycles. The van der Waals surface area contributed by atoms with Crippen molar-refractivity contribution in [3.8, 4) is 22.4 Å². The molecule has 2 aromatic carbocycles. The van der Waals surface area contributed by atoms with Crippen molar-refractivity contribution in [2.75, 3.05) is 0 Å². The Bertz CT molecular complexity index is 815. The maximum Gasteiger partial charge on any atom is 0.213 e. The summed E-state index contributed by atoms with van der Waals surface area (Å²) in [5.41, 5.74) is 7.98. The predicted octanol–water partition coefficient (Wildman–Crippen LogP) is 4.54. The number of aryl methyl sites for hydroxylation is 1. The van der Waals surface area contributed by atoms with Gasteiger partial charge in [-0.15, -0.1) is 0 Å². The lowest BCUT2D eigenvalue weighted by Gasteiger charge is -2.06. The van der Waals surface area contributed by atoms with Gasteiger partial charge in [0.2, 0.25) is 5.69 Å². The Balaban J connectivity index is 1.85. The van der Waals surface area contributed by atoms with Gasteiger partial charge in [0.05, 0.1) is 5.56 Å². The molecule has 0 spiro atoms. The molecule has 0 amide bonds. The first-order valence-corrected chi connectivity index (χ1v) is 7.45. The second-order valence-corrected chi connectivity index (χ2v) is 5.84. The molecule has 4 rings (SSSR count). The van der Waals surface area contributed by atoms with Crippen molar-refractivity contribution in [1.82, 2.24) is 0 Å². The fraction of sp³-hybridized carbons (Fsp3) is 0.150. The molecular weight excluding hydrogens is 254 g/mol. The zero-order chi connectivity index (χ0) is 14.4. The topological polar surface area (TPSA) is 3.88 Å². The van der Waals surface area contributed by atoms with E-state index in [4.69, 9.17) is 0 Å². The van der Waals surface area contributed by atoms with Crippen molar-refractivity contribution in [2.45, 2.75) is 19.9 Å². The number of hydrogen-bond donors (Lipinski definition) is 0. The van der Waals surface area contributed by atoms with Gasteiger partial charge in [0, 0.05) is 24.6 Å². The van der Waals surface area contributed by atoms with Crippen LogP contribution in [0.4, 0.5) is 0 Å². The molecule has 0 N–H and O–H groups in total. The van der Waals surface area contributed by atoms with E-state index in [2.05, 4.69) is 85.3 Å². The first-order chi connectivity index (χ1) is 10.2. The van der Waals surface area contributed by atoms with E-state index in [1.54, 1.807) is 0 Å². The van der Waals surface area contributed by atoms with Crippen molar-refractivity contribution in [1.29, 1.82) is 0 Å². The maximum absolute atomic E-state index is 2.35. The molecule has 1 atom stereocenters. The van der Waals surface area contributed by atoms with Crippen LogP contribution in [0.3, 0.4) is 0 Å². The molecule has 21 heavy (non-hydrogen) atoms. The van der Waals surface area contributed by atoms with E-state index in [0.717, 1.165) is 0 Å². The van der Waals surface area contributed by atoms with E-state index < -0.39 is 0 Å². The highest BCUT2D eigenvalue weighted by atomic mass is 15.0. The van der Waals surface area contributed by atoms with Crippen LogP contribution >= 0.6 is 0 Å². The van der Waals surface area contributed by atoms with Crippen LogP contribution < -0.4 is 4.57 Å². The van der Waals surface area contributed by atoms with Crippen LogP contribution in [-0.4, -0.2) is 0 Å². The Morgan fingerprint density at radius 1 is 0.857 bits per heavy atom. The van der Waals surface area contributed by atoms with Gasteiger partial charge in [-0.25, -0.2) is 0 Å². The van der Waals surface area contributed by atoms with Gasteiger partial charge in [-0.1, -0.05) is 35.9 Å². The highest BCUT2D eigenvalue weighted by Gasteiger charge is 2.32. The number of benzene rings is 2. The van der Waals surface area contributed by atoms with E-state index >= 15 is 0 Å². The number of rotatable bonds is 1. The van der Waals surface area contributed by atoms with Crippen molar-refractivity contribution in [3.63, 3.8) is 0 Å². The highest BCUT2D eigenvalue weighted by molar-refractivity contribution is 5.72. The van der Waals surface area contributed by atoms with E-state index in [1.165, 1.54) is 33.5 Å². The third-order valence-corrected chi connectivity index (χ3v) is 4.47. The molecule has 0 bridgehead atoms. The summed E-state index contributed by atoms with van der Waals surface area (Å²) in [4.78, 5) is 0. The molecule has 0 fully saturated rings. The number of fused-ring (bicyclic) bond motifs is 3. The second kappa shape index (κ2) is 4.56. The number of pyridine rings is 1. The summed E-state index contributed by atoms with van der Waals surface area (Å²) >= 11 is 0. The van der Waals surface area contributed by atoms with Crippen LogP contribution in [0.5, 0.6) is 0 Å². The molecule has 1 nitrogen and oxygen atoms in total. The Morgan fingerprint density at radius 2 is 1.62 bits per heavy atom. The van der Waals surface area contributed by atoms with Gasteiger partial charge in [-0.3, -0.25) is 0 Å². The summed E-state index contributed by atoms with van der Waals surface area (Å²) in [5.74, 6) is 0. The van der Waals surface area contributed by atoms with Gasteiger partial charge >= 0.3 is 0 Å². The Morgan fingerprint density at radius 3 is 2.43 bits per heavy atom. The number of nitrogens with zero attached hydrogens (tertiary/aromatic N) is 1. The Labute approximate surface area is 125 Å². The van der Waals surface area contributed by atoms with Crippen molar-refractivity contribution in [2.24, 2.45) is 0 Å². The molecule has 3 aromatic rings. The van der Waals surface area contributed by atoms with Crippen LogP contribution in [0.1, 0.15) is 24.1 Å². The molecule has 0 radical (unpaired) electrons. The van der Waals surface area contributed by atoms with Gasteiger partial charge < -0.3 is 0 Å². The van der Waals surface area contributed by atoms with Gasteiger partial charge in [-0.2, -0.15) is 4.57 Å². The molecule has 102 valence electrons. The minimum absolute atomic E-state index is 0.404. The van der Waals surface area contributed by atoms with E-state index in [1.807, 2.05) is 0 Å². The summed E-state index contributed by atoms with van der Waals surface area (Å²) in [6.07, 6.45) is 2.17. The molecule has 1 aromatic heterocycles. The lowest BCUT2D eigenvalue weighted by atomic mass is 9.96. The van der Waals surface area contributed by atoms with E-state index in [-0.39, 0.29) is 0 Å². The SMILES string of the molecule is Cc1ccc(-c2ccc3c(c2)C(C)[n+]2ccccc2-3)cc1. The molecule has 0 aliphatic carbocycles. The lowest BCUT2D eigenvalue weighted by molar-refractivity contribution is -0.694. The summed E-state index contributed by atoms with van der Waals surface area (Å²) in [6, 6.07) is 22.4. The van der Waals surface area contributed by atoms with Gasteiger partial charge in [-0.05, 0) is 36.2 Å². The lowest BCUT2D eigenvalue weighted by Crippen LogP contribution is -2.35. The quantitative estimate of drug-likeness (QED) is 0.573. The van der Waals surface area contributed by atoms with Crippen LogP contribution in [0.2, 0.25) is 0 Å². The summed E-state index contributed by atoms with van der Waals surface area (Å²) in [5, 5.41) is 0. The minimum Gasteiger partial charge on any atom is -0.191 e. The summed E-state index contributed by atoms with van der Waals surface area (Å²) in [6.45, 7) is 4.40. The summed E-state index contributed by atoms with van der Waals surface area (Å²) in [7, 11) is 0. The van der Waals surface area contributed by atoms with Crippen molar-refractivity contribution in [3.05, 3.63) is 78.0 Å². The first-order valence-electron chi connectivity index (χ1n) is 7.45. The molecule has 1 unspecified atom stereocenters. The number of aromatic nitrogens is 1. The molecular formula is C20H18N+. The average Bonchev–Trinajstić information content (AvgIpc) is 2.81. The van der Waals surface area contributed by atoms with Crippen LogP contribution in [0.15, 0.2) is 66.9 Å². The Hall–Kier alpha value is -2.41. The van der Waals surface area contributed by atoms with Crippen molar-refractivity contribution >= 4 is 0 Å². The third-order valence-electron chi connectivity index (χ3n) is 4.47. The highest BCUT2D eigenvalue weighted by Crippen LogP contribution is 2.35. The largest absolute Gasteiger partial charge is 0.213 e. The second-order valence-electron chi connectivity index (χ2n) is 5.84. The first kappa shape index (κ1) is 12.3. The van der Waals surface area contributed by atoms with Gasteiger partial charge in [0.15, 0.2) is 12.2 Å². The van der Waals surface area contributed by atoms with E-state index in [9.17, 15) is 0 Å². The predicted molar refractivity (Wildman–Crippen MR) is 86.1 cm³/mol. The molecule has 1 aliphatic rings. The molecule has 0 saturated heterocycles. The van der Waals surface area contributed by atoms with Gasteiger partial charge in [0.25, 0.3) is 0 Å². The zero-order valence-corrected chi connectivity index (χ0v) is 12.4. The van der Waals surface area contributed by atoms with Crippen LogP contribution in [0, 0.1) is 6.92 Å². The molecule has 2 heterocycles. The minimum atomic E-state index is 0.404. The monoisotopic (exact) mass is 272 g/mol. The molecule has 1 aliphatic heterocycles. The normalized spacial score (nSPS) is 15.6. The van der Waals surface area contributed by atoms with Crippen LogP contribution in [-0.2, 0) is 0 Å². The zero-order valence-electron chi connectivity index (χ0n) is 12.4. The fourth-order valence-corrected chi connectivity index (χ4v) is 3.24. The van der Waals surface area contributed by atoms with Crippen molar-refractivity contribution < 1.29 is 4.57 Å². The standard InChI is InChI=1S/C20H18N/c1-14-6-8-16(9-7-14)17-10-11-18-19(13-17)15(2)21-12-4-3-5-20(18)21/h3-13,15H,1-2H3/q+1. The average molecular weight is 272 g/mol. The Kier molecular flexibility index (Phi) is 2.68. The fourth-order valence-electron chi connectivity index (χ4n) is 3.24. The maximum atomic E-state index is 2.35. The molecule has 1 heteroatoms. The van der Waals surface area contributed by atoms with E-state index in [0.29, 0.717) is 6.04 Å².